The Balaban J connectivity index is 3.53. The smallest absolute Gasteiger partial charge is 0.408 e. The van der Waals surface area contributed by atoms with Crippen molar-refractivity contribution in [1.82, 2.24) is 15.5 Å². The fourth-order valence-corrected chi connectivity index (χ4v) is 3.94. The Morgan fingerprint density at radius 3 is 2.17 bits per heavy atom. The summed E-state index contributed by atoms with van der Waals surface area (Å²) in [5.74, 6) is -0.709. The Morgan fingerprint density at radius 2 is 1.69 bits per heavy atom. The predicted molar refractivity (Wildman–Crippen MR) is 141 cm³/mol. The monoisotopic (exact) mass is 489 g/mol. The van der Waals surface area contributed by atoms with Gasteiger partial charge in [0.05, 0.1) is 0 Å². The highest BCUT2D eigenvalue weighted by Crippen LogP contribution is 2.30. The van der Waals surface area contributed by atoms with Crippen molar-refractivity contribution in [2.24, 2.45) is 5.92 Å². The zero-order valence-electron chi connectivity index (χ0n) is 23.5. The Kier molecular flexibility index (Phi) is 11.7. The van der Waals surface area contributed by atoms with E-state index in [1.165, 1.54) is 0 Å². The molecule has 0 spiro atoms. The van der Waals surface area contributed by atoms with Gasteiger partial charge in [-0.25, -0.2) is 4.79 Å². The lowest BCUT2D eigenvalue weighted by atomic mass is 9.93. The molecule has 0 heterocycles. The molecular weight excluding hydrogens is 442 g/mol. The number of ether oxygens (including phenoxy) is 1. The maximum atomic E-state index is 14.1. The van der Waals surface area contributed by atoms with Crippen LogP contribution in [-0.4, -0.2) is 47.0 Å². The fourth-order valence-electron chi connectivity index (χ4n) is 3.94. The zero-order chi connectivity index (χ0) is 26.9. The first-order chi connectivity index (χ1) is 16.2. The summed E-state index contributed by atoms with van der Waals surface area (Å²) in [6, 6.07) is 4.05. The summed E-state index contributed by atoms with van der Waals surface area (Å²) in [7, 11) is 0. The topological polar surface area (TPSA) is 87.7 Å². The van der Waals surface area contributed by atoms with Crippen molar-refractivity contribution in [3.63, 3.8) is 0 Å². The van der Waals surface area contributed by atoms with Gasteiger partial charge in [0.25, 0.3) is 0 Å². The standard InChI is InChI=1S/C28H47N3O4/c1-11-13-16-29-25(32)24(22-15-14-19(5)17-20(22)6)31(21(7)12-2)26(33)23(18(3)4)30-27(34)35-28(8,9)10/h14-15,17-18,21,23-24H,11-13,16H2,1-10H3,(H,29,32)(H,30,34). The first kappa shape index (κ1) is 30.5. The third-order valence-corrected chi connectivity index (χ3v) is 6.00. The predicted octanol–water partition coefficient (Wildman–Crippen LogP) is 5.44. The molecule has 0 aromatic heterocycles. The van der Waals surface area contributed by atoms with Gasteiger partial charge in [-0.3, -0.25) is 9.59 Å². The SMILES string of the molecule is CCCCNC(=O)C(c1ccc(C)cc1C)N(C(=O)C(NC(=O)OC(C)(C)C)C(C)C)C(C)CC. The Morgan fingerprint density at radius 1 is 1.06 bits per heavy atom. The van der Waals surface area contributed by atoms with E-state index in [0.29, 0.717) is 13.0 Å². The van der Waals surface area contributed by atoms with Crippen molar-refractivity contribution in [3.8, 4) is 0 Å². The van der Waals surface area contributed by atoms with Crippen LogP contribution in [-0.2, 0) is 14.3 Å². The van der Waals surface area contributed by atoms with Crippen LogP contribution in [0.3, 0.4) is 0 Å². The first-order valence-corrected chi connectivity index (χ1v) is 12.9. The fraction of sp³-hybridized carbons (Fsp3) is 0.679. The van der Waals surface area contributed by atoms with Gasteiger partial charge in [0.2, 0.25) is 11.8 Å². The molecular formula is C28H47N3O4. The van der Waals surface area contributed by atoms with Gasteiger partial charge in [-0.2, -0.15) is 0 Å². The molecule has 3 amide bonds. The van der Waals surface area contributed by atoms with Crippen LogP contribution >= 0.6 is 0 Å². The van der Waals surface area contributed by atoms with Crippen molar-refractivity contribution in [3.05, 3.63) is 34.9 Å². The van der Waals surface area contributed by atoms with Gasteiger partial charge in [0.1, 0.15) is 17.7 Å². The minimum atomic E-state index is -0.837. The van der Waals surface area contributed by atoms with E-state index in [1.54, 1.807) is 25.7 Å². The zero-order valence-corrected chi connectivity index (χ0v) is 23.5. The molecule has 2 N–H and O–H groups in total. The van der Waals surface area contributed by atoms with E-state index in [1.807, 2.05) is 59.7 Å². The average molecular weight is 490 g/mol. The number of amides is 3. The molecule has 0 saturated carbocycles. The molecule has 0 bridgehead atoms. The molecule has 1 aromatic rings. The highest BCUT2D eigenvalue weighted by molar-refractivity contribution is 5.92. The summed E-state index contributed by atoms with van der Waals surface area (Å²) in [6.07, 6.45) is 1.83. The number of hydrogen-bond acceptors (Lipinski definition) is 4. The summed E-state index contributed by atoms with van der Waals surface area (Å²) < 4.78 is 5.43. The number of benzene rings is 1. The van der Waals surface area contributed by atoms with Gasteiger partial charge in [0.15, 0.2) is 0 Å². The number of alkyl carbamates (subject to hydrolysis) is 1. The number of hydrogen-bond donors (Lipinski definition) is 2. The largest absolute Gasteiger partial charge is 0.444 e. The summed E-state index contributed by atoms with van der Waals surface area (Å²) in [4.78, 5) is 41.9. The number of carbonyl (C=O) groups excluding carboxylic acids is 3. The summed E-state index contributed by atoms with van der Waals surface area (Å²) >= 11 is 0. The number of nitrogens with zero attached hydrogens (tertiary/aromatic N) is 1. The quantitative estimate of drug-likeness (QED) is 0.405. The van der Waals surface area contributed by atoms with Gasteiger partial charge >= 0.3 is 6.09 Å². The third kappa shape index (κ3) is 9.19. The Labute approximate surface area is 212 Å². The number of carbonyl (C=O) groups is 3. The Hall–Kier alpha value is -2.57. The highest BCUT2D eigenvalue weighted by atomic mass is 16.6. The number of unbranched alkanes of at least 4 members (excludes halogenated alkanes) is 1. The average Bonchev–Trinajstić information content (AvgIpc) is 2.74. The van der Waals surface area contributed by atoms with Crippen molar-refractivity contribution in [2.75, 3.05) is 6.54 Å². The second-order valence-corrected chi connectivity index (χ2v) is 10.8. The molecule has 0 aliphatic carbocycles. The second-order valence-electron chi connectivity index (χ2n) is 10.8. The van der Waals surface area contributed by atoms with Gasteiger partial charge < -0.3 is 20.3 Å². The van der Waals surface area contributed by atoms with Crippen molar-refractivity contribution < 1.29 is 19.1 Å². The molecule has 7 heteroatoms. The first-order valence-electron chi connectivity index (χ1n) is 12.9. The summed E-state index contributed by atoms with van der Waals surface area (Å²) in [6.45, 7) is 19.6. The molecule has 0 radical (unpaired) electrons. The lowest BCUT2D eigenvalue weighted by Crippen LogP contribution is -2.57. The van der Waals surface area contributed by atoms with Crippen LogP contribution in [0.5, 0.6) is 0 Å². The van der Waals surface area contributed by atoms with Gasteiger partial charge in [-0.05, 0) is 71.4 Å². The van der Waals surface area contributed by atoms with Crippen LogP contribution in [0.25, 0.3) is 0 Å². The van der Waals surface area contributed by atoms with Crippen molar-refractivity contribution >= 4 is 17.9 Å². The molecule has 0 fully saturated rings. The number of rotatable bonds is 11. The van der Waals surface area contributed by atoms with E-state index in [0.717, 1.165) is 29.5 Å². The molecule has 0 saturated heterocycles. The van der Waals surface area contributed by atoms with Crippen LogP contribution in [0.2, 0.25) is 0 Å². The maximum Gasteiger partial charge on any atom is 0.408 e. The maximum absolute atomic E-state index is 14.1. The summed E-state index contributed by atoms with van der Waals surface area (Å²) in [5.41, 5.74) is 2.14. The number of nitrogens with one attached hydrogen (secondary N) is 2. The lowest BCUT2D eigenvalue weighted by molar-refractivity contribution is -0.146. The molecule has 0 aliphatic rings. The Bertz CT molecular complexity index is 860. The lowest BCUT2D eigenvalue weighted by Gasteiger charge is -2.39. The molecule has 3 unspecified atom stereocenters. The van der Waals surface area contributed by atoms with Crippen LogP contribution in [0.1, 0.15) is 97.4 Å². The molecule has 7 nitrogen and oxygen atoms in total. The van der Waals surface area contributed by atoms with Gasteiger partial charge in [0, 0.05) is 12.6 Å². The van der Waals surface area contributed by atoms with Crippen LogP contribution in [0.15, 0.2) is 18.2 Å². The summed E-state index contributed by atoms with van der Waals surface area (Å²) in [5, 5.41) is 5.80. The van der Waals surface area contributed by atoms with Crippen LogP contribution in [0.4, 0.5) is 4.79 Å². The molecule has 3 atom stereocenters. The minimum absolute atomic E-state index is 0.204. The van der Waals surface area contributed by atoms with Gasteiger partial charge in [-0.1, -0.05) is 57.9 Å². The van der Waals surface area contributed by atoms with Crippen molar-refractivity contribution in [1.29, 1.82) is 0 Å². The normalized spacial score (nSPS) is 14.1. The molecule has 1 rings (SSSR count). The van der Waals surface area contributed by atoms with Gasteiger partial charge in [-0.15, -0.1) is 0 Å². The van der Waals surface area contributed by atoms with Crippen LogP contribution < -0.4 is 10.6 Å². The van der Waals surface area contributed by atoms with E-state index < -0.39 is 23.8 Å². The van der Waals surface area contributed by atoms with Crippen LogP contribution in [0, 0.1) is 19.8 Å². The molecule has 35 heavy (non-hydrogen) atoms. The minimum Gasteiger partial charge on any atom is -0.444 e. The van der Waals surface area contributed by atoms with E-state index in [9.17, 15) is 14.4 Å². The van der Waals surface area contributed by atoms with E-state index in [2.05, 4.69) is 17.6 Å². The van der Waals surface area contributed by atoms with E-state index in [-0.39, 0.29) is 23.8 Å². The molecule has 198 valence electrons. The number of aryl methyl sites for hydroxylation is 2. The highest BCUT2D eigenvalue weighted by Gasteiger charge is 2.39. The van der Waals surface area contributed by atoms with Crippen molar-refractivity contribution in [2.45, 2.75) is 112 Å². The third-order valence-electron chi connectivity index (χ3n) is 6.00. The second kappa shape index (κ2) is 13.5. The van der Waals surface area contributed by atoms with E-state index >= 15 is 0 Å². The van der Waals surface area contributed by atoms with E-state index in [4.69, 9.17) is 4.74 Å². The molecule has 1 aromatic carbocycles. The molecule has 0 aliphatic heterocycles.